The van der Waals surface area contributed by atoms with E-state index in [2.05, 4.69) is 0 Å². The molecule has 4 heteroatoms. The van der Waals surface area contributed by atoms with Gasteiger partial charge in [-0.3, -0.25) is 4.79 Å². The largest absolute Gasteiger partial charge is 0.487 e. The standard InChI is InChI=1S/C18H18ClNO2/c19-16-8-1-2-9-17(16)22-13-14-6-5-7-15(12-14)18(21)20-10-3-4-11-20/h1-2,5-9,12H,3-4,10-11,13H2. The smallest absolute Gasteiger partial charge is 0.253 e. The second-order valence-electron chi connectivity index (χ2n) is 5.42. The van der Waals surface area contributed by atoms with Crippen LogP contribution in [0.2, 0.25) is 5.02 Å². The fraction of sp³-hybridized carbons (Fsp3) is 0.278. The summed E-state index contributed by atoms with van der Waals surface area (Å²) >= 11 is 6.07. The number of rotatable bonds is 4. The predicted octanol–water partition coefficient (Wildman–Crippen LogP) is 4.16. The first-order valence-corrected chi connectivity index (χ1v) is 7.87. The first-order chi connectivity index (χ1) is 10.7. The number of halogens is 1. The Morgan fingerprint density at radius 1 is 1.09 bits per heavy atom. The molecule has 1 amide bonds. The van der Waals surface area contributed by atoms with E-state index >= 15 is 0 Å². The molecule has 3 nitrogen and oxygen atoms in total. The first-order valence-electron chi connectivity index (χ1n) is 7.49. The molecule has 1 heterocycles. The summed E-state index contributed by atoms with van der Waals surface area (Å²) in [4.78, 5) is 14.3. The average molecular weight is 316 g/mol. The Morgan fingerprint density at radius 3 is 2.64 bits per heavy atom. The minimum Gasteiger partial charge on any atom is -0.487 e. The highest BCUT2D eigenvalue weighted by Gasteiger charge is 2.19. The highest BCUT2D eigenvalue weighted by molar-refractivity contribution is 6.32. The summed E-state index contributed by atoms with van der Waals surface area (Å²) in [5, 5.41) is 0.590. The maximum atomic E-state index is 12.4. The third kappa shape index (κ3) is 3.42. The van der Waals surface area contributed by atoms with Gasteiger partial charge in [0.25, 0.3) is 5.91 Å². The minimum absolute atomic E-state index is 0.108. The third-order valence-electron chi connectivity index (χ3n) is 3.80. The number of hydrogen-bond donors (Lipinski definition) is 0. The van der Waals surface area contributed by atoms with Crippen LogP contribution < -0.4 is 4.74 Å². The normalized spacial score (nSPS) is 14.1. The van der Waals surface area contributed by atoms with Crippen molar-refractivity contribution in [2.24, 2.45) is 0 Å². The van der Waals surface area contributed by atoms with Crippen LogP contribution >= 0.6 is 11.6 Å². The number of carbonyl (C=O) groups excluding carboxylic acids is 1. The van der Waals surface area contributed by atoms with Crippen LogP contribution in [0.15, 0.2) is 48.5 Å². The second kappa shape index (κ2) is 6.84. The van der Waals surface area contributed by atoms with Crippen LogP contribution in [-0.2, 0) is 6.61 Å². The van der Waals surface area contributed by atoms with Crippen LogP contribution in [0.25, 0.3) is 0 Å². The van der Waals surface area contributed by atoms with Crippen molar-refractivity contribution in [1.29, 1.82) is 0 Å². The van der Waals surface area contributed by atoms with Crippen molar-refractivity contribution in [3.8, 4) is 5.75 Å². The zero-order valence-corrected chi connectivity index (χ0v) is 13.1. The molecule has 3 rings (SSSR count). The third-order valence-corrected chi connectivity index (χ3v) is 4.11. The molecule has 0 spiro atoms. The van der Waals surface area contributed by atoms with Crippen molar-refractivity contribution in [2.75, 3.05) is 13.1 Å². The fourth-order valence-electron chi connectivity index (χ4n) is 2.62. The number of para-hydroxylation sites is 1. The van der Waals surface area contributed by atoms with Gasteiger partial charge in [0.1, 0.15) is 12.4 Å². The van der Waals surface area contributed by atoms with Gasteiger partial charge in [-0.25, -0.2) is 0 Å². The molecular weight excluding hydrogens is 298 g/mol. The van der Waals surface area contributed by atoms with Crippen LogP contribution in [0.1, 0.15) is 28.8 Å². The fourth-order valence-corrected chi connectivity index (χ4v) is 2.81. The molecule has 0 unspecified atom stereocenters. The van der Waals surface area contributed by atoms with Crippen molar-refractivity contribution < 1.29 is 9.53 Å². The molecule has 0 aliphatic carbocycles. The van der Waals surface area contributed by atoms with E-state index < -0.39 is 0 Å². The van der Waals surface area contributed by atoms with Gasteiger partial charge in [0, 0.05) is 18.7 Å². The van der Waals surface area contributed by atoms with Crippen molar-refractivity contribution in [2.45, 2.75) is 19.4 Å². The Bertz CT molecular complexity index is 666. The molecule has 0 saturated carbocycles. The molecular formula is C18H18ClNO2. The summed E-state index contributed by atoms with van der Waals surface area (Å²) in [7, 11) is 0. The van der Waals surface area contributed by atoms with E-state index in [1.807, 2.05) is 47.4 Å². The number of amides is 1. The van der Waals surface area contributed by atoms with Gasteiger partial charge in [-0.2, -0.15) is 0 Å². The van der Waals surface area contributed by atoms with E-state index in [0.29, 0.717) is 17.4 Å². The summed E-state index contributed by atoms with van der Waals surface area (Å²) in [5.74, 6) is 0.762. The molecule has 0 N–H and O–H groups in total. The van der Waals surface area contributed by atoms with Crippen LogP contribution in [-0.4, -0.2) is 23.9 Å². The quantitative estimate of drug-likeness (QED) is 0.848. The monoisotopic (exact) mass is 315 g/mol. The van der Waals surface area contributed by atoms with Crippen molar-refractivity contribution in [1.82, 2.24) is 4.90 Å². The molecule has 114 valence electrons. The van der Waals surface area contributed by atoms with E-state index in [9.17, 15) is 4.79 Å². The molecule has 22 heavy (non-hydrogen) atoms. The van der Waals surface area contributed by atoms with Gasteiger partial charge in [0.15, 0.2) is 0 Å². The summed E-state index contributed by atoms with van der Waals surface area (Å²) in [6.07, 6.45) is 2.20. The zero-order chi connectivity index (χ0) is 15.4. The van der Waals surface area contributed by atoms with Gasteiger partial charge in [0.05, 0.1) is 5.02 Å². The highest BCUT2D eigenvalue weighted by atomic mass is 35.5. The maximum Gasteiger partial charge on any atom is 0.253 e. The molecule has 0 atom stereocenters. The number of carbonyl (C=O) groups is 1. The maximum absolute atomic E-state index is 12.4. The summed E-state index contributed by atoms with van der Waals surface area (Å²) < 4.78 is 5.73. The van der Waals surface area contributed by atoms with Gasteiger partial charge in [-0.15, -0.1) is 0 Å². The van der Waals surface area contributed by atoms with Gasteiger partial charge >= 0.3 is 0 Å². The molecule has 1 saturated heterocycles. The lowest BCUT2D eigenvalue weighted by molar-refractivity contribution is 0.0792. The molecule has 2 aromatic carbocycles. The molecule has 1 fully saturated rings. The zero-order valence-electron chi connectivity index (χ0n) is 12.3. The van der Waals surface area contributed by atoms with Crippen LogP contribution in [0.5, 0.6) is 5.75 Å². The van der Waals surface area contributed by atoms with E-state index in [4.69, 9.17) is 16.3 Å². The molecule has 1 aliphatic rings. The van der Waals surface area contributed by atoms with Crippen molar-refractivity contribution in [3.05, 3.63) is 64.7 Å². The van der Waals surface area contributed by atoms with Crippen LogP contribution in [0.3, 0.4) is 0 Å². The Hall–Kier alpha value is -2.00. The lowest BCUT2D eigenvalue weighted by Gasteiger charge is -2.16. The average Bonchev–Trinajstić information content (AvgIpc) is 3.08. The summed E-state index contributed by atoms with van der Waals surface area (Å²) in [5.41, 5.74) is 1.69. The van der Waals surface area contributed by atoms with Gasteiger partial charge < -0.3 is 9.64 Å². The molecule has 0 bridgehead atoms. The Morgan fingerprint density at radius 2 is 1.86 bits per heavy atom. The summed E-state index contributed by atoms with van der Waals surface area (Å²) in [6, 6.07) is 15.0. The summed E-state index contributed by atoms with van der Waals surface area (Å²) in [6.45, 7) is 2.11. The highest BCUT2D eigenvalue weighted by Crippen LogP contribution is 2.24. The van der Waals surface area contributed by atoms with Gasteiger partial charge in [0.2, 0.25) is 0 Å². The molecule has 0 aromatic heterocycles. The number of nitrogens with zero attached hydrogens (tertiary/aromatic N) is 1. The van der Waals surface area contributed by atoms with Gasteiger partial charge in [-0.05, 0) is 42.7 Å². The molecule has 2 aromatic rings. The van der Waals surface area contributed by atoms with Gasteiger partial charge in [-0.1, -0.05) is 35.9 Å². The Labute approximate surface area is 135 Å². The lowest BCUT2D eigenvalue weighted by Crippen LogP contribution is -2.27. The Kier molecular flexibility index (Phi) is 4.64. The van der Waals surface area contributed by atoms with Crippen molar-refractivity contribution in [3.63, 3.8) is 0 Å². The topological polar surface area (TPSA) is 29.5 Å². The SMILES string of the molecule is O=C(c1cccc(COc2ccccc2Cl)c1)N1CCCC1. The number of ether oxygens (including phenoxy) is 1. The minimum atomic E-state index is 0.108. The van der Waals surface area contributed by atoms with E-state index in [0.717, 1.165) is 37.1 Å². The molecule has 0 radical (unpaired) electrons. The number of benzene rings is 2. The number of hydrogen-bond acceptors (Lipinski definition) is 2. The lowest BCUT2D eigenvalue weighted by atomic mass is 10.1. The number of likely N-dealkylation sites (tertiary alicyclic amines) is 1. The molecule has 1 aliphatic heterocycles. The predicted molar refractivity (Wildman–Crippen MR) is 87.4 cm³/mol. The van der Waals surface area contributed by atoms with Crippen LogP contribution in [0, 0.1) is 0 Å². The van der Waals surface area contributed by atoms with Crippen LogP contribution in [0.4, 0.5) is 0 Å². The van der Waals surface area contributed by atoms with E-state index in [-0.39, 0.29) is 5.91 Å². The Balaban J connectivity index is 1.68. The first kappa shape index (κ1) is 14.9. The van der Waals surface area contributed by atoms with Crippen molar-refractivity contribution >= 4 is 17.5 Å². The van der Waals surface area contributed by atoms with E-state index in [1.54, 1.807) is 6.07 Å². The second-order valence-corrected chi connectivity index (χ2v) is 5.83. The van der Waals surface area contributed by atoms with E-state index in [1.165, 1.54) is 0 Å².